The minimum atomic E-state index is -4.24. The zero-order chi connectivity index (χ0) is 17.5. The molecule has 1 aromatic carbocycles. The quantitative estimate of drug-likeness (QED) is 0.523. The van der Waals surface area contributed by atoms with Gasteiger partial charge in [0.15, 0.2) is 0 Å². The summed E-state index contributed by atoms with van der Waals surface area (Å²) in [7, 11) is -8.48. The first-order chi connectivity index (χ1) is 11.1. The molecule has 0 radical (unpaired) electrons. The van der Waals surface area contributed by atoms with Crippen molar-refractivity contribution in [2.75, 3.05) is 0 Å². The summed E-state index contributed by atoms with van der Waals surface area (Å²) >= 11 is 0. The maximum Gasteiger partial charge on any atom is 0.270 e. The third-order valence-corrected chi connectivity index (χ3v) is 4.77. The van der Waals surface area contributed by atoms with Crippen molar-refractivity contribution in [1.29, 1.82) is 0 Å². The second-order valence-electron chi connectivity index (χ2n) is 5.22. The van der Waals surface area contributed by atoms with Gasteiger partial charge in [0.1, 0.15) is 11.5 Å². The second kappa shape index (κ2) is 5.74. The summed E-state index contributed by atoms with van der Waals surface area (Å²) in [6.45, 7) is 0. The summed E-state index contributed by atoms with van der Waals surface area (Å²) in [6, 6.07) is 6.48. The van der Waals surface area contributed by atoms with E-state index in [1.807, 2.05) is 0 Å². The van der Waals surface area contributed by atoms with Gasteiger partial charge < -0.3 is 0 Å². The fourth-order valence-corrected chi connectivity index (χ4v) is 3.77. The number of aromatic nitrogens is 2. The summed E-state index contributed by atoms with van der Waals surface area (Å²) < 4.78 is 62.6. The molecule has 0 bridgehead atoms. The standard InChI is InChI=1S/C14H12N2O6S2/c17-23(18,19)7-13-11-1-2-12-10(9(11)3-5-15-13)4-6-16-14(12)8-24(20,21)22/h1-6H,7-8H2,(H,17,18,19)(H,20,21,22). The van der Waals surface area contributed by atoms with E-state index < -0.39 is 31.7 Å². The first-order valence-corrected chi connectivity index (χ1v) is 9.90. The van der Waals surface area contributed by atoms with E-state index in [-0.39, 0.29) is 11.4 Å². The molecule has 2 heterocycles. The van der Waals surface area contributed by atoms with Crippen LogP contribution in [0.2, 0.25) is 0 Å². The van der Waals surface area contributed by atoms with Gasteiger partial charge in [-0.25, -0.2) is 0 Å². The van der Waals surface area contributed by atoms with Gasteiger partial charge in [0, 0.05) is 23.2 Å². The third kappa shape index (κ3) is 3.51. The Morgan fingerprint density at radius 2 is 1.04 bits per heavy atom. The number of hydrogen-bond acceptors (Lipinski definition) is 6. The van der Waals surface area contributed by atoms with Gasteiger partial charge in [-0.3, -0.25) is 19.1 Å². The largest absolute Gasteiger partial charge is 0.285 e. The van der Waals surface area contributed by atoms with Gasteiger partial charge >= 0.3 is 0 Å². The molecule has 0 saturated heterocycles. The molecule has 2 N–H and O–H groups in total. The maximum atomic E-state index is 11.1. The van der Waals surface area contributed by atoms with Crippen LogP contribution in [0, 0.1) is 0 Å². The van der Waals surface area contributed by atoms with Gasteiger partial charge in [-0.15, -0.1) is 0 Å². The van der Waals surface area contributed by atoms with E-state index in [4.69, 9.17) is 9.11 Å². The fraction of sp³-hybridized carbons (Fsp3) is 0.143. The van der Waals surface area contributed by atoms with Crippen LogP contribution in [0.1, 0.15) is 11.4 Å². The molecule has 0 aliphatic carbocycles. The van der Waals surface area contributed by atoms with E-state index in [2.05, 4.69) is 9.97 Å². The highest BCUT2D eigenvalue weighted by Crippen LogP contribution is 2.29. The molecule has 2 aromatic heterocycles. The monoisotopic (exact) mass is 368 g/mol. The lowest BCUT2D eigenvalue weighted by atomic mass is 10.0. The van der Waals surface area contributed by atoms with E-state index in [0.29, 0.717) is 21.5 Å². The summed E-state index contributed by atoms with van der Waals surface area (Å²) in [5.41, 5.74) is 0.370. The molecule has 0 unspecified atom stereocenters. The van der Waals surface area contributed by atoms with Gasteiger partial charge in [-0.2, -0.15) is 16.8 Å². The lowest BCUT2D eigenvalue weighted by Gasteiger charge is -2.09. The Balaban J connectivity index is 2.29. The minimum Gasteiger partial charge on any atom is -0.285 e. The highest BCUT2D eigenvalue weighted by atomic mass is 32.2. The van der Waals surface area contributed by atoms with Gasteiger partial charge in [-0.1, -0.05) is 12.1 Å². The van der Waals surface area contributed by atoms with Gasteiger partial charge in [-0.05, 0) is 22.9 Å². The van der Waals surface area contributed by atoms with E-state index in [0.717, 1.165) is 0 Å². The molecule has 0 atom stereocenters. The van der Waals surface area contributed by atoms with E-state index in [1.54, 1.807) is 24.3 Å². The SMILES string of the molecule is O=S(=O)(O)Cc1nccc2c1ccc1c(CS(=O)(=O)O)nccc12. The first kappa shape index (κ1) is 16.7. The molecule has 0 aliphatic heterocycles. The number of hydrogen-bond donors (Lipinski definition) is 2. The van der Waals surface area contributed by atoms with Crippen LogP contribution in [0.15, 0.2) is 36.7 Å². The van der Waals surface area contributed by atoms with Crippen molar-refractivity contribution in [2.45, 2.75) is 11.5 Å². The smallest absolute Gasteiger partial charge is 0.270 e. The van der Waals surface area contributed by atoms with Crippen molar-refractivity contribution in [3.05, 3.63) is 48.0 Å². The highest BCUT2D eigenvalue weighted by molar-refractivity contribution is 7.85. The van der Waals surface area contributed by atoms with E-state index in [1.165, 1.54) is 12.4 Å². The zero-order valence-electron chi connectivity index (χ0n) is 12.1. The third-order valence-electron chi connectivity index (χ3n) is 3.49. The van der Waals surface area contributed by atoms with Crippen molar-refractivity contribution in [1.82, 2.24) is 9.97 Å². The van der Waals surface area contributed by atoms with E-state index >= 15 is 0 Å². The van der Waals surface area contributed by atoms with E-state index in [9.17, 15) is 16.8 Å². The molecule has 0 spiro atoms. The number of benzene rings is 1. The van der Waals surface area contributed by atoms with Crippen molar-refractivity contribution in [3.63, 3.8) is 0 Å². The summed E-state index contributed by atoms with van der Waals surface area (Å²) in [6.07, 6.45) is 2.82. The molecule has 24 heavy (non-hydrogen) atoms. The summed E-state index contributed by atoms with van der Waals surface area (Å²) in [5, 5.41) is 2.32. The molecule has 3 aromatic rings. The summed E-state index contributed by atoms with van der Waals surface area (Å²) in [4.78, 5) is 7.98. The Kier molecular flexibility index (Phi) is 4.00. The van der Waals surface area contributed by atoms with Crippen LogP contribution in [-0.2, 0) is 31.7 Å². The number of rotatable bonds is 4. The molecule has 0 aliphatic rings. The molecule has 0 fully saturated rings. The number of nitrogens with zero attached hydrogens (tertiary/aromatic N) is 2. The van der Waals surface area contributed by atoms with Crippen LogP contribution in [0.4, 0.5) is 0 Å². The molecule has 126 valence electrons. The van der Waals surface area contributed by atoms with Crippen LogP contribution in [0.3, 0.4) is 0 Å². The second-order valence-corrected chi connectivity index (χ2v) is 8.13. The molecule has 0 saturated carbocycles. The van der Waals surface area contributed by atoms with Gasteiger partial charge in [0.2, 0.25) is 0 Å². The van der Waals surface area contributed by atoms with Crippen LogP contribution < -0.4 is 0 Å². The Hall–Kier alpha value is -2.14. The lowest BCUT2D eigenvalue weighted by molar-refractivity contribution is 0.479. The molecule has 10 heteroatoms. The van der Waals surface area contributed by atoms with Crippen LogP contribution in [-0.4, -0.2) is 35.9 Å². The lowest BCUT2D eigenvalue weighted by Crippen LogP contribution is -2.05. The normalized spacial score (nSPS) is 12.8. The molecule has 0 amide bonds. The first-order valence-electron chi connectivity index (χ1n) is 6.68. The predicted octanol–water partition coefficient (Wildman–Crippen LogP) is 1.56. The van der Waals surface area contributed by atoms with Crippen LogP contribution >= 0.6 is 0 Å². The topological polar surface area (TPSA) is 135 Å². The minimum absolute atomic E-state index is 0.185. The Morgan fingerprint density at radius 1 is 0.667 bits per heavy atom. The van der Waals surface area contributed by atoms with Crippen molar-refractivity contribution >= 4 is 41.8 Å². The van der Waals surface area contributed by atoms with Gasteiger partial charge in [0.25, 0.3) is 20.2 Å². The van der Waals surface area contributed by atoms with Crippen molar-refractivity contribution in [3.8, 4) is 0 Å². The zero-order valence-corrected chi connectivity index (χ0v) is 13.7. The van der Waals surface area contributed by atoms with Crippen LogP contribution in [0.25, 0.3) is 21.5 Å². The van der Waals surface area contributed by atoms with Crippen molar-refractivity contribution < 1.29 is 25.9 Å². The Bertz CT molecular complexity index is 1060. The Morgan fingerprint density at radius 3 is 1.38 bits per heavy atom. The predicted molar refractivity (Wildman–Crippen MR) is 87.5 cm³/mol. The van der Waals surface area contributed by atoms with Crippen molar-refractivity contribution in [2.24, 2.45) is 0 Å². The van der Waals surface area contributed by atoms with Gasteiger partial charge in [0.05, 0.1) is 11.4 Å². The molecular formula is C14H12N2O6S2. The number of fused-ring (bicyclic) bond motifs is 3. The fourth-order valence-electron chi connectivity index (χ4n) is 2.62. The Labute approximate surface area is 137 Å². The molecular weight excluding hydrogens is 356 g/mol. The highest BCUT2D eigenvalue weighted by Gasteiger charge is 2.15. The molecule has 8 nitrogen and oxygen atoms in total. The van der Waals surface area contributed by atoms with Crippen LogP contribution in [0.5, 0.6) is 0 Å². The number of pyridine rings is 2. The molecule has 3 rings (SSSR count). The maximum absolute atomic E-state index is 11.1. The summed E-state index contributed by atoms with van der Waals surface area (Å²) in [5.74, 6) is -1.25. The average molecular weight is 368 g/mol. The average Bonchev–Trinajstić information content (AvgIpc) is 2.44.